The van der Waals surface area contributed by atoms with E-state index in [1.54, 1.807) is 0 Å². The van der Waals surface area contributed by atoms with Crippen LogP contribution in [0.5, 0.6) is 0 Å². The van der Waals surface area contributed by atoms with E-state index < -0.39 is 10.9 Å². The van der Waals surface area contributed by atoms with Crippen molar-refractivity contribution in [2.24, 2.45) is 0 Å². The van der Waals surface area contributed by atoms with E-state index in [-0.39, 0.29) is 27.4 Å². The highest BCUT2D eigenvalue weighted by Crippen LogP contribution is 2.30. The zero-order chi connectivity index (χ0) is 13.0. The molecule has 0 spiro atoms. The number of nitrogens with zero attached hydrogens (tertiary/aromatic N) is 3. The number of halogens is 1. The van der Waals surface area contributed by atoms with Crippen molar-refractivity contribution in [2.45, 2.75) is 11.9 Å². The molecule has 0 atom stereocenters. The smallest absolute Gasteiger partial charge is 0.322 e. The summed E-state index contributed by atoms with van der Waals surface area (Å²) >= 11 is 6.49. The van der Waals surface area contributed by atoms with Crippen LogP contribution >= 0.6 is 23.4 Å². The quantitative estimate of drug-likeness (QED) is 0.206. The molecule has 0 amide bonds. The van der Waals surface area contributed by atoms with Gasteiger partial charge in [0.05, 0.1) is 17.8 Å². The molecule has 1 rings (SSSR count). The molecule has 0 N–H and O–H groups in total. The third-order valence-corrected chi connectivity index (χ3v) is 2.84. The fourth-order valence-electron chi connectivity index (χ4n) is 1.00. The van der Waals surface area contributed by atoms with Gasteiger partial charge in [-0.1, -0.05) is 11.8 Å². The lowest BCUT2D eigenvalue weighted by molar-refractivity contribution is -0.389. The molecule has 0 aliphatic rings. The molecule has 0 unspecified atom stereocenters. The minimum Gasteiger partial charge on any atom is -0.468 e. The first-order valence-corrected chi connectivity index (χ1v) is 5.70. The number of hydrogen-bond donors (Lipinski definition) is 0. The van der Waals surface area contributed by atoms with Crippen molar-refractivity contribution in [3.63, 3.8) is 0 Å². The van der Waals surface area contributed by atoms with Gasteiger partial charge in [-0.3, -0.25) is 14.9 Å². The van der Waals surface area contributed by atoms with Crippen LogP contribution in [0.1, 0.15) is 5.69 Å². The van der Waals surface area contributed by atoms with Gasteiger partial charge in [-0.15, -0.1) is 0 Å². The Labute approximate surface area is 106 Å². The van der Waals surface area contributed by atoms with Crippen LogP contribution in [0.3, 0.4) is 0 Å². The maximum absolute atomic E-state index is 10.9. The average molecular weight is 278 g/mol. The maximum Gasteiger partial charge on any atom is 0.322 e. The lowest BCUT2D eigenvalue weighted by atomic mass is 10.4. The lowest BCUT2D eigenvalue weighted by Crippen LogP contribution is -2.05. The molecule has 92 valence electrons. The first-order chi connectivity index (χ1) is 7.95. The number of rotatable bonds is 4. The summed E-state index contributed by atoms with van der Waals surface area (Å²) in [6, 6.07) is 0. The van der Waals surface area contributed by atoms with Gasteiger partial charge in [0, 0.05) is 0 Å². The second-order valence-corrected chi connectivity index (χ2v) is 4.16. The summed E-state index contributed by atoms with van der Waals surface area (Å²) in [5.74, 6) is -0.582. The molecular weight excluding hydrogens is 270 g/mol. The van der Waals surface area contributed by atoms with Gasteiger partial charge in [0.25, 0.3) is 0 Å². The van der Waals surface area contributed by atoms with Crippen molar-refractivity contribution >= 4 is 35.0 Å². The average Bonchev–Trinajstić information content (AvgIpc) is 2.24. The fourth-order valence-corrected chi connectivity index (χ4v) is 2.15. The summed E-state index contributed by atoms with van der Waals surface area (Å²) in [5.41, 5.74) is -0.0920. The number of ether oxygens (including phenoxy) is 1. The summed E-state index contributed by atoms with van der Waals surface area (Å²) in [4.78, 5) is 28.6. The highest BCUT2D eigenvalue weighted by atomic mass is 35.5. The van der Waals surface area contributed by atoms with Crippen LogP contribution < -0.4 is 0 Å². The van der Waals surface area contributed by atoms with Gasteiger partial charge < -0.3 is 4.74 Å². The van der Waals surface area contributed by atoms with Crippen LogP contribution in [0.25, 0.3) is 0 Å². The number of thioether (sulfide) groups is 1. The number of esters is 1. The Hall–Kier alpha value is -1.41. The van der Waals surface area contributed by atoms with Crippen LogP contribution in [0, 0.1) is 17.0 Å². The summed E-state index contributed by atoms with van der Waals surface area (Å²) in [7, 11) is 1.23. The number of carbonyl (C=O) groups excluding carboxylic acids is 1. The van der Waals surface area contributed by atoms with Gasteiger partial charge >= 0.3 is 11.7 Å². The summed E-state index contributed by atoms with van der Waals surface area (Å²) in [6.07, 6.45) is 0. The molecule has 17 heavy (non-hydrogen) atoms. The minimum atomic E-state index is -0.606. The standard InChI is InChI=1S/C8H8ClN3O4S/c1-4-6(12(14)15)7(11-8(9)10-4)17-3-5(13)16-2/h3H2,1-2H3. The molecule has 7 nitrogen and oxygen atoms in total. The lowest BCUT2D eigenvalue weighted by Gasteiger charge is -2.03. The third-order valence-electron chi connectivity index (χ3n) is 1.74. The monoisotopic (exact) mass is 277 g/mol. The van der Waals surface area contributed by atoms with Crippen LogP contribution in [-0.4, -0.2) is 33.7 Å². The molecule has 0 aliphatic carbocycles. The fraction of sp³-hybridized carbons (Fsp3) is 0.375. The maximum atomic E-state index is 10.9. The molecule has 0 fully saturated rings. The van der Waals surface area contributed by atoms with Crippen molar-refractivity contribution in [1.29, 1.82) is 0 Å². The summed E-state index contributed by atoms with van der Waals surface area (Å²) in [5, 5.41) is 10.8. The minimum absolute atomic E-state index is 0.0536. The van der Waals surface area contributed by atoms with E-state index in [0.717, 1.165) is 11.8 Å². The molecule has 0 aromatic carbocycles. The SMILES string of the molecule is COC(=O)CSc1nc(Cl)nc(C)c1[N+](=O)[O-]. The van der Waals surface area contributed by atoms with Gasteiger partial charge in [-0.25, -0.2) is 9.97 Å². The molecule has 0 aliphatic heterocycles. The van der Waals surface area contributed by atoms with Crippen molar-refractivity contribution in [1.82, 2.24) is 9.97 Å². The molecule has 0 bridgehead atoms. The summed E-state index contributed by atoms with van der Waals surface area (Å²) < 4.78 is 4.43. The molecule has 0 saturated carbocycles. The molecule has 1 aromatic rings. The number of hydrogen-bond acceptors (Lipinski definition) is 7. The molecular formula is C8H8ClN3O4S. The van der Waals surface area contributed by atoms with Crippen LogP contribution in [0.4, 0.5) is 5.69 Å². The van der Waals surface area contributed by atoms with Crippen LogP contribution in [-0.2, 0) is 9.53 Å². The normalized spacial score (nSPS) is 10.1. The van der Waals surface area contributed by atoms with Gasteiger partial charge in [-0.05, 0) is 18.5 Å². The van der Waals surface area contributed by atoms with Crippen molar-refractivity contribution < 1.29 is 14.5 Å². The Morgan fingerprint density at radius 2 is 2.24 bits per heavy atom. The second-order valence-electron chi connectivity index (χ2n) is 2.85. The first kappa shape index (κ1) is 13.7. The second kappa shape index (κ2) is 5.78. The van der Waals surface area contributed by atoms with Crippen molar-refractivity contribution in [3.8, 4) is 0 Å². The van der Waals surface area contributed by atoms with E-state index in [9.17, 15) is 14.9 Å². The van der Waals surface area contributed by atoms with E-state index in [1.165, 1.54) is 14.0 Å². The number of aryl methyl sites for hydroxylation is 1. The van der Waals surface area contributed by atoms with E-state index in [0.29, 0.717) is 0 Å². The van der Waals surface area contributed by atoms with Gasteiger partial charge in [0.2, 0.25) is 5.28 Å². The zero-order valence-electron chi connectivity index (χ0n) is 8.97. The highest BCUT2D eigenvalue weighted by Gasteiger charge is 2.22. The van der Waals surface area contributed by atoms with Gasteiger partial charge in [0.15, 0.2) is 5.03 Å². The Kier molecular flexibility index (Phi) is 4.64. The molecule has 1 heterocycles. The number of aromatic nitrogens is 2. The third kappa shape index (κ3) is 3.53. The van der Waals surface area contributed by atoms with Gasteiger partial charge in [0.1, 0.15) is 5.69 Å². The molecule has 0 saturated heterocycles. The first-order valence-electron chi connectivity index (χ1n) is 4.34. The molecule has 9 heteroatoms. The van der Waals surface area contributed by atoms with Crippen LogP contribution in [0.2, 0.25) is 5.28 Å². The largest absolute Gasteiger partial charge is 0.468 e. The Morgan fingerprint density at radius 3 is 2.76 bits per heavy atom. The Morgan fingerprint density at radius 1 is 1.59 bits per heavy atom. The topological polar surface area (TPSA) is 95.2 Å². The van der Waals surface area contributed by atoms with E-state index >= 15 is 0 Å². The van der Waals surface area contributed by atoms with E-state index in [2.05, 4.69) is 14.7 Å². The number of nitro groups is 1. The number of carbonyl (C=O) groups is 1. The molecule has 1 aromatic heterocycles. The Balaban J connectivity index is 3.04. The molecule has 0 radical (unpaired) electrons. The van der Waals surface area contributed by atoms with Crippen LogP contribution in [0.15, 0.2) is 5.03 Å². The van der Waals surface area contributed by atoms with Crippen molar-refractivity contribution in [3.05, 3.63) is 21.1 Å². The predicted molar refractivity (Wildman–Crippen MR) is 61.2 cm³/mol. The van der Waals surface area contributed by atoms with E-state index in [1.807, 2.05) is 0 Å². The van der Waals surface area contributed by atoms with Gasteiger partial charge in [-0.2, -0.15) is 0 Å². The predicted octanol–water partition coefficient (Wildman–Crippen LogP) is 1.61. The number of methoxy groups -OCH3 is 1. The zero-order valence-corrected chi connectivity index (χ0v) is 10.5. The Bertz CT molecular complexity index is 468. The summed E-state index contributed by atoms with van der Waals surface area (Å²) in [6.45, 7) is 1.45. The van der Waals surface area contributed by atoms with Crippen molar-refractivity contribution in [2.75, 3.05) is 12.9 Å². The van der Waals surface area contributed by atoms with E-state index in [4.69, 9.17) is 11.6 Å². The highest BCUT2D eigenvalue weighted by molar-refractivity contribution is 8.00.